The fourth-order valence-electron chi connectivity index (χ4n) is 2.28. The number of amides is 1. The van der Waals surface area contributed by atoms with Crippen LogP contribution in [-0.2, 0) is 14.4 Å². The van der Waals surface area contributed by atoms with E-state index in [1.165, 1.54) is 11.8 Å². The zero-order valence-corrected chi connectivity index (χ0v) is 10.6. The number of carbonyl (C=O) groups is 3. The smallest absolute Gasteiger partial charge is 0.307 e. The van der Waals surface area contributed by atoms with Crippen LogP contribution in [0, 0.1) is 11.8 Å². The van der Waals surface area contributed by atoms with E-state index >= 15 is 0 Å². The lowest BCUT2D eigenvalue weighted by Gasteiger charge is -2.25. The molecular formula is C12H15NO4S. The molecule has 1 fully saturated rings. The van der Waals surface area contributed by atoms with E-state index in [1.54, 1.807) is 6.08 Å². The summed E-state index contributed by atoms with van der Waals surface area (Å²) < 4.78 is 0. The van der Waals surface area contributed by atoms with Crippen LogP contribution in [0.4, 0.5) is 0 Å². The first kappa shape index (κ1) is 13.1. The number of nitrogens with one attached hydrogen (secondary N) is 1. The highest BCUT2D eigenvalue weighted by Gasteiger charge is 2.36. The van der Waals surface area contributed by atoms with Gasteiger partial charge in [0.1, 0.15) is 0 Å². The van der Waals surface area contributed by atoms with Crippen LogP contribution in [0.5, 0.6) is 0 Å². The standard InChI is InChI=1S/C12H15NO4S/c14-10(13-9-5-6-18-12(9)17)7-3-1-2-4-8(7)11(15)16/h1-2,7-9H,3-6H2,(H,13,14)(H,15,16). The minimum atomic E-state index is -0.952. The maximum Gasteiger partial charge on any atom is 0.307 e. The molecule has 1 aliphatic carbocycles. The summed E-state index contributed by atoms with van der Waals surface area (Å²) in [6.07, 6.45) is 5.06. The first-order valence-corrected chi connectivity index (χ1v) is 6.93. The average molecular weight is 269 g/mol. The van der Waals surface area contributed by atoms with E-state index < -0.39 is 23.8 Å². The summed E-state index contributed by atoms with van der Waals surface area (Å²) in [6, 6.07) is -0.442. The Kier molecular flexibility index (Phi) is 4.06. The Morgan fingerprint density at radius 3 is 2.50 bits per heavy atom. The molecule has 0 aromatic carbocycles. The molecule has 98 valence electrons. The van der Waals surface area contributed by atoms with Crippen LogP contribution in [0.1, 0.15) is 19.3 Å². The van der Waals surface area contributed by atoms with Gasteiger partial charge in [0.15, 0.2) is 0 Å². The molecular weight excluding hydrogens is 254 g/mol. The molecule has 1 saturated heterocycles. The van der Waals surface area contributed by atoms with E-state index in [0.29, 0.717) is 19.3 Å². The number of rotatable bonds is 3. The Hall–Kier alpha value is -1.30. The minimum absolute atomic E-state index is 0.0263. The molecule has 3 atom stereocenters. The lowest BCUT2D eigenvalue weighted by molar-refractivity contribution is -0.147. The predicted molar refractivity (Wildman–Crippen MR) is 67.0 cm³/mol. The Labute approximate surface area is 109 Å². The van der Waals surface area contributed by atoms with Gasteiger partial charge in [-0.3, -0.25) is 14.4 Å². The van der Waals surface area contributed by atoms with Gasteiger partial charge >= 0.3 is 5.97 Å². The summed E-state index contributed by atoms with van der Waals surface area (Å²) in [6.45, 7) is 0. The van der Waals surface area contributed by atoms with Crippen LogP contribution in [0.3, 0.4) is 0 Å². The molecule has 0 aromatic heterocycles. The summed E-state index contributed by atoms with van der Waals surface area (Å²) in [5.74, 6) is -1.79. The van der Waals surface area contributed by atoms with E-state index in [4.69, 9.17) is 5.11 Å². The van der Waals surface area contributed by atoms with Gasteiger partial charge in [0.2, 0.25) is 11.0 Å². The molecule has 2 aliphatic rings. The molecule has 6 heteroatoms. The van der Waals surface area contributed by atoms with Gasteiger partial charge in [0, 0.05) is 5.75 Å². The van der Waals surface area contributed by atoms with Gasteiger partial charge in [-0.25, -0.2) is 0 Å². The SMILES string of the molecule is O=C1SCCC1NC(=O)C1CC=CCC1C(=O)O. The minimum Gasteiger partial charge on any atom is -0.481 e. The van der Waals surface area contributed by atoms with Crippen molar-refractivity contribution < 1.29 is 19.5 Å². The fraction of sp³-hybridized carbons (Fsp3) is 0.583. The van der Waals surface area contributed by atoms with Gasteiger partial charge in [-0.2, -0.15) is 0 Å². The zero-order chi connectivity index (χ0) is 13.1. The highest BCUT2D eigenvalue weighted by Crippen LogP contribution is 2.27. The molecule has 2 rings (SSSR count). The van der Waals surface area contributed by atoms with Crippen molar-refractivity contribution in [2.24, 2.45) is 11.8 Å². The molecule has 0 saturated carbocycles. The second-order valence-electron chi connectivity index (χ2n) is 4.51. The Balaban J connectivity index is 2.00. The highest BCUT2D eigenvalue weighted by atomic mass is 32.2. The van der Waals surface area contributed by atoms with Gasteiger partial charge < -0.3 is 10.4 Å². The molecule has 0 spiro atoms. The fourth-order valence-corrected chi connectivity index (χ4v) is 3.22. The summed E-state index contributed by atoms with van der Waals surface area (Å²) in [5.41, 5.74) is 0. The first-order chi connectivity index (χ1) is 8.59. The molecule has 2 N–H and O–H groups in total. The van der Waals surface area contributed by atoms with Crippen LogP contribution in [-0.4, -0.2) is 33.9 Å². The molecule has 1 aliphatic heterocycles. The van der Waals surface area contributed by atoms with Crippen LogP contribution < -0.4 is 5.32 Å². The lowest BCUT2D eigenvalue weighted by Crippen LogP contribution is -2.44. The molecule has 1 amide bonds. The Bertz CT molecular complexity index is 407. The summed E-state index contributed by atoms with van der Waals surface area (Å²) in [7, 11) is 0. The average Bonchev–Trinajstić information content (AvgIpc) is 2.75. The van der Waals surface area contributed by atoms with Gasteiger partial charge in [0.25, 0.3) is 0 Å². The summed E-state index contributed by atoms with van der Waals surface area (Å²) in [5, 5.41) is 11.7. The van der Waals surface area contributed by atoms with Crippen molar-refractivity contribution in [3.63, 3.8) is 0 Å². The third-order valence-corrected chi connectivity index (χ3v) is 4.35. The van der Waals surface area contributed by atoms with Crippen molar-refractivity contribution in [2.75, 3.05) is 5.75 Å². The van der Waals surface area contributed by atoms with Crippen LogP contribution in [0.25, 0.3) is 0 Å². The number of aliphatic carboxylic acids is 1. The van der Waals surface area contributed by atoms with Crippen LogP contribution in [0.15, 0.2) is 12.2 Å². The maximum atomic E-state index is 12.0. The normalized spacial score (nSPS) is 31.3. The third-order valence-electron chi connectivity index (χ3n) is 3.34. The number of carbonyl (C=O) groups excluding carboxylic acids is 2. The molecule has 0 aromatic rings. The van der Waals surface area contributed by atoms with Crippen LogP contribution in [0.2, 0.25) is 0 Å². The van der Waals surface area contributed by atoms with Crippen molar-refractivity contribution in [2.45, 2.75) is 25.3 Å². The Morgan fingerprint density at radius 1 is 1.28 bits per heavy atom. The molecule has 3 unspecified atom stereocenters. The van der Waals surface area contributed by atoms with E-state index in [-0.39, 0.29) is 11.0 Å². The maximum absolute atomic E-state index is 12.0. The van der Waals surface area contributed by atoms with Gasteiger partial charge in [0.05, 0.1) is 17.9 Å². The number of carboxylic acid groups (broad SMARTS) is 1. The molecule has 0 bridgehead atoms. The number of carboxylic acids is 1. The van der Waals surface area contributed by atoms with Crippen molar-refractivity contribution in [3.8, 4) is 0 Å². The molecule has 5 nitrogen and oxygen atoms in total. The summed E-state index contributed by atoms with van der Waals surface area (Å²) >= 11 is 1.22. The summed E-state index contributed by atoms with van der Waals surface area (Å²) in [4.78, 5) is 34.6. The monoisotopic (exact) mass is 269 g/mol. The van der Waals surface area contributed by atoms with E-state index in [2.05, 4.69) is 5.32 Å². The van der Waals surface area contributed by atoms with Gasteiger partial charge in [-0.15, -0.1) is 0 Å². The van der Waals surface area contributed by atoms with Gasteiger partial charge in [-0.05, 0) is 19.3 Å². The van der Waals surface area contributed by atoms with Crippen molar-refractivity contribution >= 4 is 28.8 Å². The first-order valence-electron chi connectivity index (χ1n) is 5.94. The zero-order valence-electron chi connectivity index (χ0n) is 9.80. The van der Waals surface area contributed by atoms with Crippen molar-refractivity contribution in [3.05, 3.63) is 12.2 Å². The largest absolute Gasteiger partial charge is 0.481 e. The van der Waals surface area contributed by atoms with E-state index in [0.717, 1.165) is 5.75 Å². The second-order valence-corrected chi connectivity index (χ2v) is 5.61. The number of allylic oxidation sites excluding steroid dienone is 2. The number of thioether (sulfide) groups is 1. The number of hydrogen-bond donors (Lipinski definition) is 2. The van der Waals surface area contributed by atoms with Crippen LogP contribution >= 0.6 is 11.8 Å². The van der Waals surface area contributed by atoms with Crippen molar-refractivity contribution in [1.29, 1.82) is 0 Å². The van der Waals surface area contributed by atoms with Gasteiger partial charge in [-0.1, -0.05) is 23.9 Å². The Morgan fingerprint density at radius 2 is 1.94 bits per heavy atom. The van der Waals surface area contributed by atoms with E-state index in [1.807, 2.05) is 6.08 Å². The van der Waals surface area contributed by atoms with Crippen molar-refractivity contribution in [1.82, 2.24) is 5.32 Å². The number of hydrogen-bond acceptors (Lipinski definition) is 4. The third kappa shape index (κ3) is 2.75. The lowest BCUT2D eigenvalue weighted by atomic mass is 9.82. The highest BCUT2D eigenvalue weighted by molar-refractivity contribution is 8.14. The topological polar surface area (TPSA) is 83.5 Å². The molecule has 1 heterocycles. The quantitative estimate of drug-likeness (QED) is 0.740. The molecule has 18 heavy (non-hydrogen) atoms. The second kappa shape index (κ2) is 5.56. The molecule has 0 radical (unpaired) electrons. The van der Waals surface area contributed by atoms with E-state index in [9.17, 15) is 14.4 Å². The predicted octanol–water partition coefficient (Wildman–Crippen LogP) is 0.802.